The molecule has 2 unspecified atom stereocenters. The van der Waals surface area contributed by atoms with Crippen LogP contribution in [0.25, 0.3) is 5.65 Å². The molecule has 0 aliphatic heterocycles. The van der Waals surface area contributed by atoms with Crippen LogP contribution in [-0.2, 0) is 0 Å². The molecular weight excluding hydrogens is 412 g/mol. The first-order valence-electron chi connectivity index (χ1n) is 12.8. The normalized spacial score (nSPS) is 21.8. The van der Waals surface area contributed by atoms with E-state index in [0.717, 1.165) is 19.3 Å². The summed E-state index contributed by atoms with van der Waals surface area (Å²) in [7, 11) is 0. The number of fused-ring (bicyclic) bond motifs is 3. The minimum absolute atomic E-state index is 0.108. The van der Waals surface area contributed by atoms with Crippen LogP contribution in [0.4, 0.5) is 0 Å². The standard InChI is InChI=1S/C27H38N4O2/c1-2-3-4-5-6-7-17-28-25(32)22-19-31-23(13-8-14-24(31)30-22)26(33)29-20-27-15-9-11-21(18-27)12-10-16-27/h8-9,11,13-14,19,21H,2-7,10,12,15-18,20H2,1H3,(H,28,32)(H,29,33). The zero-order valence-electron chi connectivity index (χ0n) is 19.9. The lowest BCUT2D eigenvalue weighted by molar-refractivity contribution is 0.0879. The lowest BCUT2D eigenvalue weighted by Gasteiger charge is -2.42. The molecule has 4 rings (SSSR count). The van der Waals surface area contributed by atoms with Gasteiger partial charge in [-0.2, -0.15) is 0 Å². The molecule has 2 aliphatic rings. The van der Waals surface area contributed by atoms with Crippen LogP contribution in [0.3, 0.4) is 0 Å². The van der Waals surface area contributed by atoms with Gasteiger partial charge in [0.05, 0.1) is 0 Å². The molecular formula is C27H38N4O2. The third-order valence-corrected chi connectivity index (χ3v) is 7.33. The Morgan fingerprint density at radius 2 is 1.97 bits per heavy atom. The SMILES string of the molecule is CCCCCCCCNC(=O)c1cn2c(C(=O)NCC34CC=CC(CCC3)C4)cccc2n1. The molecule has 0 saturated heterocycles. The fraction of sp³-hybridized carbons (Fsp3) is 0.593. The first-order valence-corrected chi connectivity index (χ1v) is 12.8. The first-order chi connectivity index (χ1) is 16.1. The Balaban J connectivity index is 1.34. The molecule has 6 nitrogen and oxygen atoms in total. The van der Waals surface area contributed by atoms with Crippen LogP contribution in [0.15, 0.2) is 36.5 Å². The van der Waals surface area contributed by atoms with E-state index >= 15 is 0 Å². The Morgan fingerprint density at radius 1 is 1.12 bits per heavy atom. The Kier molecular flexibility index (Phi) is 7.84. The number of pyridine rings is 1. The highest BCUT2D eigenvalue weighted by atomic mass is 16.2. The molecule has 2 heterocycles. The minimum Gasteiger partial charge on any atom is -0.351 e. The van der Waals surface area contributed by atoms with Crippen molar-refractivity contribution >= 4 is 17.5 Å². The topological polar surface area (TPSA) is 75.5 Å². The molecule has 2 amide bonds. The highest BCUT2D eigenvalue weighted by molar-refractivity contribution is 5.95. The zero-order chi connectivity index (χ0) is 23.1. The fourth-order valence-electron chi connectivity index (χ4n) is 5.45. The third-order valence-electron chi connectivity index (χ3n) is 7.33. The fourth-order valence-corrected chi connectivity index (χ4v) is 5.45. The van der Waals surface area contributed by atoms with Gasteiger partial charge in [-0.15, -0.1) is 0 Å². The average Bonchev–Trinajstić information content (AvgIpc) is 3.27. The maximum atomic E-state index is 13.1. The van der Waals surface area contributed by atoms with Gasteiger partial charge in [0.2, 0.25) is 0 Å². The van der Waals surface area contributed by atoms with Gasteiger partial charge in [0, 0.05) is 19.3 Å². The van der Waals surface area contributed by atoms with Gasteiger partial charge >= 0.3 is 0 Å². The summed E-state index contributed by atoms with van der Waals surface area (Å²) in [5.74, 6) is 0.377. The summed E-state index contributed by atoms with van der Waals surface area (Å²) in [5, 5.41) is 6.16. The molecule has 1 fully saturated rings. The number of nitrogens with zero attached hydrogens (tertiary/aromatic N) is 2. The number of amides is 2. The number of unbranched alkanes of at least 4 members (excludes halogenated alkanes) is 5. The van der Waals surface area contributed by atoms with E-state index in [0.29, 0.717) is 36.0 Å². The van der Waals surface area contributed by atoms with Crippen molar-refractivity contribution in [2.24, 2.45) is 11.3 Å². The van der Waals surface area contributed by atoms with Gasteiger partial charge < -0.3 is 10.6 Å². The van der Waals surface area contributed by atoms with Crippen molar-refractivity contribution in [3.05, 3.63) is 47.9 Å². The second kappa shape index (κ2) is 11.0. The average molecular weight is 451 g/mol. The number of rotatable bonds is 11. The number of imidazole rings is 1. The second-order valence-corrected chi connectivity index (χ2v) is 9.96. The van der Waals surface area contributed by atoms with E-state index in [4.69, 9.17) is 0 Å². The summed E-state index contributed by atoms with van der Waals surface area (Å²) in [4.78, 5) is 30.1. The molecule has 2 atom stereocenters. The Morgan fingerprint density at radius 3 is 2.85 bits per heavy atom. The summed E-state index contributed by atoms with van der Waals surface area (Å²) >= 11 is 0. The van der Waals surface area contributed by atoms with Crippen molar-refractivity contribution < 1.29 is 9.59 Å². The van der Waals surface area contributed by atoms with Crippen molar-refractivity contribution in [1.82, 2.24) is 20.0 Å². The van der Waals surface area contributed by atoms with Crippen molar-refractivity contribution in [3.63, 3.8) is 0 Å². The van der Waals surface area contributed by atoms with Crippen LogP contribution >= 0.6 is 0 Å². The van der Waals surface area contributed by atoms with Gasteiger partial charge in [0.25, 0.3) is 11.8 Å². The van der Waals surface area contributed by atoms with Crippen LogP contribution in [0.2, 0.25) is 0 Å². The molecule has 2 bridgehead atoms. The summed E-state index contributed by atoms with van der Waals surface area (Å²) in [5.41, 5.74) is 1.68. The van der Waals surface area contributed by atoms with E-state index in [2.05, 4.69) is 34.7 Å². The minimum atomic E-state index is -0.181. The van der Waals surface area contributed by atoms with Crippen LogP contribution in [-0.4, -0.2) is 34.3 Å². The van der Waals surface area contributed by atoms with Crippen molar-refractivity contribution in [3.8, 4) is 0 Å². The van der Waals surface area contributed by atoms with Crippen LogP contribution in [0, 0.1) is 11.3 Å². The van der Waals surface area contributed by atoms with Crippen molar-refractivity contribution in [2.45, 2.75) is 77.6 Å². The van der Waals surface area contributed by atoms with E-state index in [9.17, 15) is 9.59 Å². The Labute approximate surface area is 197 Å². The molecule has 1 saturated carbocycles. The number of nitrogens with one attached hydrogen (secondary N) is 2. The summed E-state index contributed by atoms with van der Waals surface area (Å²) in [6.07, 6.45) is 19.3. The maximum absolute atomic E-state index is 13.1. The number of carbonyl (C=O) groups is 2. The predicted octanol–water partition coefficient (Wildman–Crippen LogP) is 5.29. The van der Waals surface area contributed by atoms with Gasteiger partial charge in [-0.1, -0.05) is 63.7 Å². The zero-order valence-corrected chi connectivity index (χ0v) is 19.9. The second-order valence-electron chi connectivity index (χ2n) is 9.96. The number of hydrogen-bond donors (Lipinski definition) is 2. The van der Waals surface area contributed by atoms with Gasteiger partial charge in [0.15, 0.2) is 0 Å². The molecule has 2 N–H and O–H groups in total. The maximum Gasteiger partial charge on any atom is 0.271 e. The molecule has 0 aromatic carbocycles. The number of hydrogen-bond acceptors (Lipinski definition) is 3. The van der Waals surface area contributed by atoms with E-state index in [1.807, 2.05) is 12.1 Å². The summed E-state index contributed by atoms with van der Waals surface area (Å²) in [6, 6.07) is 5.45. The summed E-state index contributed by atoms with van der Waals surface area (Å²) in [6.45, 7) is 3.57. The highest BCUT2D eigenvalue weighted by Gasteiger charge is 2.37. The molecule has 33 heavy (non-hydrogen) atoms. The third kappa shape index (κ3) is 5.84. The molecule has 2 aromatic heterocycles. The molecule has 0 spiro atoms. The van der Waals surface area contributed by atoms with E-state index in [-0.39, 0.29) is 17.2 Å². The molecule has 6 heteroatoms. The van der Waals surface area contributed by atoms with Gasteiger partial charge in [0.1, 0.15) is 17.0 Å². The lowest BCUT2D eigenvalue weighted by Crippen LogP contribution is -2.42. The first kappa shape index (κ1) is 23.5. The smallest absolute Gasteiger partial charge is 0.271 e. The monoisotopic (exact) mass is 450 g/mol. The van der Waals surface area contributed by atoms with Gasteiger partial charge in [-0.25, -0.2) is 4.98 Å². The lowest BCUT2D eigenvalue weighted by atomic mass is 9.65. The molecule has 2 aliphatic carbocycles. The van der Waals surface area contributed by atoms with Crippen LogP contribution in [0.5, 0.6) is 0 Å². The van der Waals surface area contributed by atoms with E-state index in [1.165, 1.54) is 51.4 Å². The molecule has 2 aromatic rings. The Hall–Kier alpha value is -2.63. The van der Waals surface area contributed by atoms with Gasteiger partial charge in [-0.05, 0) is 55.6 Å². The molecule has 178 valence electrons. The largest absolute Gasteiger partial charge is 0.351 e. The molecule has 0 radical (unpaired) electrons. The highest BCUT2D eigenvalue weighted by Crippen LogP contribution is 2.45. The number of carbonyl (C=O) groups excluding carboxylic acids is 2. The Bertz CT molecular complexity index is 995. The quantitative estimate of drug-likeness (QED) is 0.361. The predicted molar refractivity (Wildman–Crippen MR) is 131 cm³/mol. The number of aromatic nitrogens is 2. The van der Waals surface area contributed by atoms with E-state index in [1.54, 1.807) is 16.7 Å². The van der Waals surface area contributed by atoms with Crippen molar-refractivity contribution in [2.75, 3.05) is 13.1 Å². The van der Waals surface area contributed by atoms with Crippen LogP contribution in [0.1, 0.15) is 98.5 Å². The van der Waals surface area contributed by atoms with Crippen molar-refractivity contribution in [1.29, 1.82) is 0 Å². The van der Waals surface area contributed by atoms with E-state index < -0.39 is 0 Å². The van der Waals surface area contributed by atoms with Crippen LogP contribution < -0.4 is 10.6 Å². The number of allylic oxidation sites excluding steroid dienone is 2. The summed E-state index contributed by atoms with van der Waals surface area (Å²) < 4.78 is 1.73. The van der Waals surface area contributed by atoms with Gasteiger partial charge in [-0.3, -0.25) is 14.0 Å².